The molecule has 0 saturated carbocycles. The minimum absolute atomic E-state index is 0.0234. The van der Waals surface area contributed by atoms with E-state index in [4.69, 9.17) is 34.8 Å². The first-order chi connectivity index (χ1) is 5.11. The number of benzene rings is 1. The largest absolute Gasteiger partial charge is 0.118 e. The Hall–Kier alpha value is 0.0900. The number of halogens is 3. The molecule has 0 N–H and O–H groups in total. The molecule has 0 aromatic heterocycles. The fourth-order valence-corrected chi connectivity index (χ4v) is 1.20. The average molecular weight is 210 g/mol. The molecule has 0 amide bonds. The Labute approximate surface area is 81.1 Å². The third-order valence-corrected chi connectivity index (χ3v) is 2.39. The molecule has 0 saturated heterocycles. The van der Waals surface area contributed by atoms with Crippen LogP contribution in [0.25, 0.3) is 0 Å². The molecule has 60 valence electrons. The molecule has 11 heavy (non-hydrogen) atoms. The van der Waals surface area contributed by atoms with Gasteiger partial charge in [0.2, 0.25) is 0 Å². The lowest BCUT2D eigenvalue weighted by atomic mass is 10.2. The zero-order chi connectivity index (χ0) is 8.43. The van der Waals surface area contributed by atoms with E-state index in [1.165, 1.54) is 0 Å². The van der Waals surface area contributed by atoms with Crippen molar-refractivity contribution in [3.63, 3.8) is 0 Å². The summed E-state index contributed by atoms with van der Waals surface area (Å²) in [5.74, 6) is 0. The topological polar surface area (TPSA) is 0 Å². The van der Waals surface area contributed by atoms with E-state index in [2.05, 4.69) is 0 Å². The molecule has 0 bridgehead atoms. The van der Waals surface area contributed by atoms with Crippen LogP contribution in [-0.4, -0.2) is 0 Å². The number of hydrogen-bond acceptors (Lipinski definition) is 0. The molecule has 1 aromatic carbocycles. The average Bonchev–Trinajstić information content (AvgIpc) is 1.94. The highest BCUT2D eigenvalue weighted by Crippen LogP contribution is 2.27. The molecular weight excluding hydrogens is 202 g/mol. The number of alkyl halides is 1. The molecule has 0 fully saturated rings. The lowest BCUT2D eigenvalue weighted by Crippen LogP contribution is -1.83. The van der Waals surface area contributed by atoms with Crippen molar-refractivity contribution in [1.29, 1.82) is 0 Å². The molecule has 1 atom stereocenters. The zero-order valence-corrected chi connectivity index (χ0v) is 8.21. The fraction of sp³-hybridized carbons (Fsp3) is 0.250. The third-order valence-electron chi connectivity index (χ3n) is 1.40. The van der Waals surface area contributed by atoms with E-state index >= 15 is 0 Å². The van der Waals surface area contributed by atoms with Crippen molar-refractivity contribution in [2.24, 2.45) is 0 Å². The van der Waals surface area contributed by atoms with Gasteiger partial charge in [0.15, 0.2) is 0 Å². The monoisotopic (exact) mass is 208 g/mol. The van der Waals surface area contributed by atoms with E-state index in [1.807, 2.05) is 13.0 Å². The Bertz CT molecular complexity index is 256. The van der Waals surface area contributed by atoms with Crippen LogP contribution in [0.15, 0.2) is 18.2 Å². The minimum atomic E-state index is -0.0234. The molecule has 0 aliphatic rings. The maximum atomic E-state index is 5.83. The maximum absolute atomic E-state index is 5.83. The van der Waals surface area contributed by atoms with Crippen LogP contribution in [0.4, 0.5) is 0 Å². The van der Waals surface area contributed by atoms with Crippen molar-refractivity contribution in [2.75, 3.05) is 0 Å². The summed E-state index contributed by atoms with van der Waals surface area (Å²) in [5.41, 5.74) is 0.987. The van der Waals surface area contributed by atoms with E-state index in [9.17, 15) is 0 Å². The summed E-state index contributed by atoms with van der Waals surface area (Å²) in [4.78, 5) is 0. The third kappa shape index (κ3) is 2.26. The minimum Gasteiger partial charge on any atom is -0.118 e. The molecule has 0 aliphatic carbocycles. The lowest BCUT2D eigenvalue weighted by molar-refractivity contribution is 1.08. The Kier molecular flexibility index (Phi) is 3.06. The highest BCUT2D eigenvalue weighted by molar-refractivity contribution is 6.42. The molecule has 0 nitrogen and oxygen atoms in total. The standard InChI is InChI=1S/C8H7Cl3/c1-5(9)6-2-3-7(10)8(11)4-6/h2-5H,1H3/t5-/m1/s1. The first kappa shape index (κ1) is 9.18. The van der Waals surface area contributed by atoms with E-state index in [0.717, 1.165) is 5.56 Å². The van der Waals surface area contributed by atoms with Gasteiger partial charge >= 0.3 is 0 Å². The van der Waals surface area contributed by atoms with Crippen LogP contribution in [0.5, 0.6) is 0 Å². The summed E-state index contributed by atoms with van der Waals surface area (Å²) in [6.07, 6.45) is 0. The Morgan fingerprint density at radius 1 is 1.18 bits per heavy atom. The predicted octanol–water partition coefficient (Wildman–Crippen LogP) is 4.29. The van der Waals surface area contributed by atoms with Gasteiger partial charge in [-0.3, -0.25) is 0 Å². The van der Waals surface area contributed by atoms with Gasteiger partial charge in [-0.05, 0) is 24.6 Å². The SMILES string of the molecule is C[C@@H](Cl)c1ccc(Cl)c(Cl)c1. The quantitative estimate of drug-likeness (QED) is 0.605. The first-order valence-corrected chi connectivity index (χ1v) is 4.39. The van der Waals surface area contributed by atoms with E-state index in [-0.39, 0.29) is 5.38 Å². The van der Waals surface area contributed by atoms with Crippen molar-refractivity contribution in [3.05, 3.63) is 33.8 Å². The highest BCUT2D eigenvalue weighted by atomic mass is 35.5. The molecular formula is C8H7Cl3. The summed E-state index contributed by atoms with van der Waals surface area (Å²) in [5, 5.41) is 1.09. The molecule has 3 heteroatoms. The van der Waals surface area contributed by atoms with Crippen LogP contribution in [0, 0.1) is 0 Å². The normalized spacial score (nSPS) is 13.1. The van der Waals surface area contributed by atoms with Crippen molar-refractivity contribution in [3.8, 4) is 0 Å². The van der Waals surface area contributed by atoms with Crippen LogP contribution in [0.3, 0.4) is 0 Å². The smallest absolute Gasteiger partial charge is 0.0595 e. The second-order valence-corrected chi connectivity index (χ2v) is 3.76. The Morgan fingerprint density at radius 2 is 1.82 bits per heavy atom. The van der Waals surface area contributed by atoms with Crippen molar-refractivity contribution in [2.45, 2.75) is 12.3 Å². The maximum Gasteiger partial charge on any atom is 0.0595 e. The molecule has 0 aliphatic heterocycles. The van der Waals surface area contributed by atoms with Gasteiger partial charge in [0.1, 0.15) is 0 Å². The van der Waals surface area contributed by atoms with Crippen LogP contribution >= 0.6 is 34.8 Å². The van der Waals surface area contributed by atoms with Gasteiger partial charge in [-0.1, -0.05) is 29.3 Å². The summed E-state index contributed by atoms with van der Waals surface area (Å²) in [6.45, 7) is 1.89. The van der Waals surface area contributed by atoms with E-state index < -0.39 is 0 Å². The first-order valence-electron chi connectivity index (χ1n) is 3.20. The summed E-state index contributed by atoms with van der Waals surface area (Å²) < 4.78 is 0. The zero-order valence-electron chi connectivity index (χ0n) is 5.94. The lowest BCUT2D eigenvalue weighted by Gasteiger charge is -2.03. The van der Waals surface area contributed by atoms with Crippen LogP contribution in [-0.2, 0) is 0 Å². The van der Waals surface area contributed by atoms with Gasteiger partial charge in [0.25, 0.3) is 0 Å². The summed E-state index contributed by atoms with van der Waals surface area (Å²) in [7, 11) is 0. The molecule has 1 aromatic rings. The second kappa shape index (κ2) is 3.66. The van der Waals surface area contributed by atoms with Gasteiger partial charge < -0.3 is 0 Å². The van der Waals surface area contributed by atoms with Crippen LogP contribution in [0.2, 0.25) is 10.0 Å². The van der Waals surface area contributed by atoms with E-state index in [1.54, 1.807) is 12.1 Å². The molecule has 0 radical (unpaired) electrons. The predicted molar refractivity (Wildman–Crippen MR) is 50.7 cm³/mol. The molecule has 1 rings (SSSR count). The Morgan fingerprint density at radius 3 is 2.27 bits per heavy atom. The Balaban J connectivity index is 3.05. The molecule has 0 heterocycles. The summed E-state index contributed by atoms with van der Waals surface area (Å²) in [6, 6.07) is 5.39. The van der Waals surface area contributed by atoms with E-state index in [0.29, 0.717) is 10.0 Å². The van der Waals surface area contributed by atoms with Crippen LogP contribution < -0.4 is 0 Å². The van der Waals surface area contributed by atoms with Gasteiger partial charge in [-0.15, -0.1) is 11.6 Å². The number of hydrogen-bond donors (Lipinski definition) is 0. The van der Waals surface area contributed by atoms with Gasteiger partial charge in [-0.25, -0.2) is 0 Å². The fourth-order valence-electron chi connectivity index (χ4n) is 0.760. The van der Waals surface area contributed by atoms with Crippen molar-refractivity contribution >= 4 is 34.8 Å². The summed E-state index contributed by atoms with van der Waals surface area (Å²) >= 11 is 17.3. The molecule has 0 spiro atoms. The van der Waals surface area contributed by atoms with Gasteiger partial charge in [0, 0.05) is 0 Å². The number of rotatable bonds is 1. The van der Waals surface area contributed by atoms with Gasteiger partial charge in [-0.2, -0.15) is 0 Å². The molecule has 0 unspecified atom stereocenters. The van der Waals surface area contributed by atoms with Gasteiger partial charge in [0.05, 0.1) is 15.4 Å². The van der Waals surface area contributed by atoms with Crippen LogP contribution in [0.1, 0.15) is 17.9 Å². The highest BCUT2D eigenvalue weighted by Gasteiger charge is 2.03. The van der Waals surface area contributed by atoms with Crippen molar-refractivity contribution < 1.29 is 0 Å². The second-order valence-electron chi connectivity index (χ2n) is 2.29. The van der Waals surface area contributed by atoms with Crippen molar-refractivity contribution in [1.82, 2.24) is 0 Å².